The van der Waals surface area contributed by atoms with Gasteiger partial charge in [0.05, 0.1) is 10.2 Å². The van der Waals surface area contributed by atoms with E-state index in [9.17, 15) is 0 Å². The van der Waals surface area contributed by atoms with Crippen LogP contribution in [-0.4, -0.2) is 20.7 Å². The van der Waals surface area contributed by atoms with Crippen molar-refractivity contribution in [3.05, 3.63) is 23.1 Å². The zero-order valence-corrected chi connectivity index (χ0v) is 18.3. The predicted octanol–water partition coefficient (Wildman–Crippen LogP) is 6.91. The summed E-state index contributed by atoms with van der Waals surface area (Å²) in [5, 5.41) is 2.47. The van der Waals surface area contributed by atoms with Crippen LogP contribution in [0.5, 0.6) is 0 Å². The fraction of sp³-hybridized carbons (Fsp3) is 0.591. The molecule has 144 valence electrons. The molecule has 27 heavy (non-hydrogen) atoms. The average molecular weight is 400 g/mol. The highest BCUT2D eigenvalue weighted by Gasteiger charge is 2.25. The first-order chi connectivity index (χ1) is 13.2. The van der Waals surface area contributed by atoms with Crippen LogP contribution in [0.2, 0.25) is 0 Å². The number of aryl methyl sites for hydroxylation is 1. The van der Waals surface area contributed by atoms with Crippen LogP contribution < -0.4 is 0 Å². The van der Waals surface area contributed by atoms with Crippen molar-refractivity contribution in [3.8, 4) is 0 Å². The Morgan fingerprint density at radius 3 is 2.70 bits per heavy atom. The minimum Gasteiger partial charge on any atom is -0.241 e. The molecule has 1 aliphatic carbocycles. The van der Waals surface area contributed by atoms with E-state index in [1.165, 1.54) is 83.1 Å². The third kappa shape index (κ3) is 3.73. The maximum Gasteiger partial charge on any atom is 0.126 e. The summed E-state index contributed by atoms with van der Waals surface area (Å²) >= 11 is 3.70. The molecule has 0 N–H and O–H groups in total. The summed E-state index contributed by atoms with van der Waals surface area (Å²) in [5.74, 6) is 1.63. The van der Waals surface area contributed by atoms with Gasteiger partial charge in [-0.05, 0) is 48.5 Å². The van der Waals surface area contributed by atoms with Crippen LogP contribution in [0.25, 0.3) is 20.4 Å². The Kier molecular flexibility index (Phi) is 5.98. The Bertz CT molecular complexity index is 946. The second-order valence-corrected chi connectivity index (χ2v) is 9.95. The summed E-state index contributed by atoms with van der Waals surface area (Å²) in [6, 6.07) is 0. The van der Waals surface area contributed by atoms with E-state index in [-0.39, 0.29) is 0 Å². The van der Waals surface area contributed by atoms with E-state index in [1.807, 2.05) is 11.8 Å². The number of hydrogen-bond acceptors (Lipinski definition) is 5. The molecule has 5 heteroatoms. The minimum absolute atomic E-state index is 0.481. The maximum absolute atomic E-state index is 5.10. The number of unbranched alkanes of at least 4 members (excludes halogenated alkanes) is 4. The molecule has 0 bridgehead atoms. The molecule has 0 saturated heterocycles. The monoisotopic (exact) mass is 399 g/mol. The van der Waals surface area contributed by atoms with Crippen LogP contribution in [0.15, 0.2) is 11.4 Å². The summed E-state index contributed by atoms with van der Waals surface area (Å²) in [6.07, 6.45) is 12.0. The number of thioether (sulfide) groups is 1. The highest BCUT2D eigenvalue weighted by molar-refractivity contribution is 7.99. The second-order valence-electron chi connectivity index (χ2n) is 7.86. The van der Waals surface area contributed by atoms with Gasteiger partial charge in [-0.1, -0.05) is 46.5 Å². The number of hydrogen-bond donors (Lipinski definition) is 0. The Morgan fingerprint density at radius 1 is 1.07 bits per heavy atom. The Labute approximate surface area is 170 Å². The van der Waals surface area contributed by atoms with Gasteiger partial charge in [-0.3, -0.25) is 0 Å². The lowest BCUT2D eigenvalue weighted by atomic mass is 9.99. The number of rotatable bonds is 8. The minimum atomic E-state index is 0.481. The van der Waals surface area contributed by atoms with Gasteiger partial charge in [0.2, 0.25) is 0 Å². The smallest absolute Gasteiger partial charge is 0.126 e. The summed E-state index contributed by atoms with van der Waals surface area (Å²) in [7, 11) is 0. The van der Waals surface area contributed by atoms with Gasteiger partial charge >= 0.3 is 0 Å². The molecule has 3 nitrogen and oxygen atoms in total. The summed E-state index contributed by atoms with van der Waals surface area (Å²) < 4.78 is 1.24. The Balaban J connectivity index is 1.68. The van der Waals surface area contributed by atoms with Gasteiger partial charge in [0.25, 0.3) is 0 Å². The van der Waals surface area contributed by atoms with Gasteiger partial charge < -0.3 is 0 Å². The molecule has 0 unspecified atom stereocenters. The van der Waals surface area contributed by atoms with E-state index in [0.717, 1.165) is 16.3 Å². The quantitative estimate of drug-likeness (QED) is 0.234. The topological polar surface area (TPSA) is 38.7 Å². The van der Waals surface area contributed by atoms with E-state index >= 15 is 0 Å². The number of aromatic nitrogens is 3. The van der Waals surface area contributed by atoms with Crippen LogP contribution in [0, 0.1) is 0 Å². The molecule has 3 aromatic heterocycles. The molecular formula is C22H29N3S2. The average Bonchev–Trinajstić information content (AvgIpc) is 3.27. The largest absolute Gasteiger partial charge is 0.241 e. The lowest BCUT2D eigenvalue weighted by molar-refractivity contribution is 0.659. The molecule has 4 rings (SSSR count). The highest BCUT2D eigenvalue weighted by atomic mass is 32.2. The van der Waals surface area contributed by atoms with Crippen molar-refractivity contribution in [2.45, 2.75) is 83.1 Å². The molecule has 0 aliphatic heterocycles. The standard InChI is InChI=1S/C22H29N3S2/c1-4-5-6-7-8-12-26-22-20-19(23-13-24-22)17-15-10-9-11-16(15)18(14(2)3)25-21(17)27-20/h13-14H,4-12H2,1-3H3. The van der Waals surface area contributed by atoms with Crippen LogP contribution in [-0.2, 0) is 12.8 Å². The zero-order valence-electron chi connectivity index (χ0n) is 16.7. The van der Waals surface area contributed by atoms with Crippen LogP contribution >= 0.6 is 23.1 Å². The third-order valence-corrected chi connectivity index (χ3v) is 7.79. The van der Waals surface area contributed by atoms with Gasteiger partial charge in [-0.2, -0.15) is 0 Å². The molecule has 3 aromatic rings. The lowest BCUT2D eigenvalue weighted by Gasteiger charge is -2.11. The number of pyridine rings is 1. The van der Waals surface area contributed by atoms with Gasteiger partial charge in [0.15, 0.2) is 0 Å². The molecule has 0 atom stereocenters. The van der Waals surface area contributed by atoms with Gasteiger partial charge in [-0.25, -0.2) is 15.0 Å². The fourth-order valence-corrected chi connectivity index (χ4v) is 6.41. The summed E-state index contributed by atoms with van der Waals surface area (Å²) in [5.41, 5.74) is 5.46. The zero-order chi connectivity index (χ0) is 18.8. The van der Waals surface area contributed by atoms with Crippen molar-refractivity contribution in [1.82, 2.24) is 15.0 Å². The Hall–Kier alpha value is -1.20. The third-order valence-electron chi connectivity index (χ3n) is 5.50. The van der Waals surface area contributed by atoms with E-state index in [0.29, 0.717) is 5.92 Å². The van der Waals surface area contributed by atoms with Crippen LogP contribution in [0.1, 0.15) is 82.0 Å². The van der Waals surface area contributed by atoms with E-state index in [1.54, 1.807) is 17.7 Å². The molecule has 0 saturated carbocycles. The number of nitrogens with zero attached hydrogens (tertiary/aromatic N) is 3. The van der Waals surface area contributed by atoms with Crippen LogP contribution in [0.3, 0.4) is 0 Å². The van der Waals surface area contributed by atoms with Crippen molar-refractivity contribution in [3.63, 3.8) is 0 Å². The number of thiophene rings is 1. The molecule has 0 radical (unpaired) electrons. The SMILES string of the molecule is CCCCCCCSc1ncnc2c1sc1nc(C(C)C)c3c(c12)CCC3. The second kappa shape index (κ2) is 8.44. The molecule has 3 heterocycles. The van der Waals surface area contributed by atoms with Crippen molar-refractivity contribution in [2.75, 3.05) is 5.75 Å². The van der Waals surface area contributed by atoms with Crippen molar-refractivity contribution >= 4 is 43.5 Å². The van der Waals surface area contributed by atoms with Crippen LogP contribution in [0.4, 0.5) is 0 Å². The van der Waals surface area contributed by atoms with Crippen molar-refractivity contribution in [2.24, 2.45) is 0 Å². The first-order valence-corrected chi connectivity index (χ1v) is 12.2. The molecular weight excluding hydrogens is 370 g/mol. The van der Waals surface area contributed by atoms with Gasteiger partial charge in [0.1, 0.15) is 16.2 Å². The highest BCUT2D eigenvalue weighted by Crippen LogP contribution is 2.42. The Morgan fingerprint density at radius 2 is 1.89 bits per heavy atom. The maximum atomic E-state index is 5.10. The molecule has 0 aromatic carbocycles. The molecule has 0 fully saturated rings. The number of fused-ring (bicyclic) bond motifs is 5. The fourth-order valence-electron chi connectivity index (χ4n) is 4.16. The van der Waals surface area contributed by atoms with E-state index in [2.05, 4.69) is 25.8 Å². The van der Waals surface area contributed by atoms with E-state index < -0.39 is 0 Å². The molecule has 1 aliphatic rings. The van der Waals surface area contributed by atoms with Gasteiger partial charge in [-0.15, -0.1) is 23.1 Å². The molecule has 0 amide bonds. The first-order valence-electron chi connectivity index (χ1n) is 10.4. The summed E-state index contributed by atoms with van der Waals surface area (Å²) in [4.78, 5) is 15.6. The normalized spacial score (nSPS) is 13.9. The lowest BCUT2D eigenvalue weighted by Crippen LogP contribution is -2.00. The predicted molar refractivity (Wildman–Crippen MR) is 118 cm³/mol. The van der Waals surface area contributed by atoms with Crippen molar-refractivity contribution < 1.29 is 0 Å². The first kappa shape index (κ1) is 19.1. The van der Waals surface area contributed by atoms with Crippen molar-refractivity contribution in [1.29, 1.82) is 0 Å². The summed E-state index contributed by atoms with van der Waals surface area (Å²) in [6.45, 7) is 6.79. The van der Waals surface area contributed by atoms with Gasteiger partial charge in [0, 0.05) is 11.1 Å². The van der Waals surface area contributed by atoms with E-state index in [4.69, 9.17) is 9.97 Å². The molecule has 0 spiro atoms.